The number of nitrogens with one attached hydrogen (secondary N) is 1. The number of hydrogen-bond acceptors (Lipinski definition) is 3. The lowest BCUT2D eigenvalue weighted by Gasteiger charge is -2.16. The Balaban J connectivity index is 2.71. The molecular weight excluding hydrogens is 322 g/mol. The lowest BCUT2D eigenvalue weighted by Crippen LogP contribution is -3.12. The van der Waals surface area contributed by atoms with Crippen LogP contribution in [0.5, 0.6) is 5.75 Å². The van der Waals surface area contributed by atoms with Crippen LogP contribution in [-0.2, 0) is 4.79 Å². The van der Waals surface area contributed by atoms with Gasteiger partial charge < -0.3 is 19.5 Å². The number of ether oxygens (including phenoxy) is 1. The van der Waals surface area contributed by atoms with Crippen LogP contribution in [-0.4, -0.2) is 32.2 Å². The van der Waals surface area contributed by atoms with Crippen molar-refractivity contribution in [1.82, 2.24) is 0 Å². The number of carbonyl (C=O) groups is 1. The smallest absolute Gasteiger partial charge is 0.137 e. The molecule has 0 aromatic heterocycles. The zero-order valence-corrected chi connectivity index (χ0v) is 13.4. The summed E-state index contributed by atoms with van der Waals surface area (Å²) in [6, 6.07) is 5.52. The van der Waals surface area contributed by atoms with Crippen molar-refractivity contribution in [2.24, 2.45) is 0 Å². The van der Waals surface area contributed by atoms with Crippen molar-refractivity contribution < 1.29 is 19.5 Å². The Hall–Kier alpha value is -1.33. The molecule has 0 radical (unpaired) electrons. The molecule has 0 saturated heterocycles. The summed E-state index contributed by atoms with van der Waals surface area (Å²) in [5.41, 5.74) is 0.720. The molecule has 0 aliphatic carbocycles. The van der Waals surface area contributed by atoms with Gasteiger partial charge in [0.25, 0.3) is 0 Å². The van der Waals surface area contributed by atoms with Gasteiger partial charge in [-0.1, -0.05) is 15.9 Å². The number of halogens is 1. The fourth-order valence-electron chi connectivity index (χ4n) is 1.85. The van der Waals surface area contributed by atoms with Gasteiger partial charge in [0.05, 0.1) is 19.1 Å². The highest BCUT2D eigenvalue weighted by atomic mass is 79.9. The predicted molar refractivity (Wildman–Crippen MR) is 80.6 cm³/mol. The van der Waals surface area contributed by atoms with Crippen LogP contribution >= 0.6 is 15.9 Å². The Kier molecular flexibility index (Phi) is 7.33. The van der Waals surface area contributed by atoms with Crippen LogP contribution in [0.3, 0.4) is 0 Å². The van der Waals surface area contributed by atoms with Gasteiger partial charge in [-0.2, -0.15) is 0 Å². The molecule has 0 bridgehead atoms. The van der Waals surface area contributed by atoms with Crippen LogP contribution in [0.2, 0.25) is 0 Å². The molecule has 0 aliphatic rings. The molecule has 0 atom stereocenters. The minimum absolute atomic E-state index is 0.602. The van der Waals surface area contributed by atoms with E-state index in [2.05, 4.69) is 29.8 Å². The van der Waals surface area contributed by atoms with Crippen molar-refractivity contribution in [2.45, 2.75) is 13.8 Å². The monoisotopic (exact) mass is 341 g/mol. The molecule has 0 unspecified atom stereocenters. The first kappa shape index (κ1) is 16.7. The van der Waals surface area contributed by atoms with E-state index in [9.17, 15) is 9.90 Å². The van der Waals surface area contributed by atoms with Crippen molar-refractivity contribution in [3.05, 3.63) is 34.3 Å². The van der Waals surface area contributed by atoms with Gasteiger partial charge in [-0.25, -0.2) is 0 Å². The van der Waals surface area contributed by atoms with E-state index in [4.69, 9.17) is 4.74 Å². The van der Waals surface area contributed by atoms with Gasteiger partial charge in [-0.05, 0) is 44.2 Å². The third kappa shape index (κ3) is 5.75. The lowest BCUT2D eigenvalue weighted by molar-refractivity contribution is -0.896. The molecule has 1 aromatic rings. The van der Waals surface area contributed by atoms with E-state index in [0.717, 1.165) is 35.7 Å². The third-order valence-corrected chi connectivity index (χ3v) is 3.58. The number of carbonyl (C=O) groups excluding carboxylic acids is 1. The predicted octanol–water partition coefficient (Wildman–Crippen LogP) is 0.516. The fourth-order valence-corrected chi connectivity index (χ4v) is 2.23. The van der Waals surface area contributed by atoms with E-state index in [1.54, 1.807) is 0 Å². The number of hydrogen-bond donors (Lipinski definition) is 1. The number of rotatable bonds is 8. The summed E-state index contributed by atoms with van der Waals surface area (Å²) in [6.07, 6.45) is 2.49. The SMILES string of the molecule is CC[NH+](CC)CCOc1ccc(Br)cc1/C=C/C(=O)[O-]. The highest BCUT2D eigenvalue weighted by Crippen LogP contribution is 2.24. The maximum absolute atomic E-state index is 10.5. The van der Waals surface area contributed by atoms with E-state index in [1.165, 1.54) is 11.0 Å². The number of carboxylic acids is 1. The van der Waals surface area contributed by atoms with E-state index >= 15 is 0 Å². The van der Waals surface area contributed by atoms with Gasteiger partial charge in [0, 0.05) is 10.0 Å². The molecule has 110 valence electrons. The molecule has 0 fully saturated rings. The van der Waals surface area contributed by atoms with Gasteiger partial charge in [-0.3, -0.25) is 0 Å². The molecule has 0 saturated carbocycles. The summed E-state index contributed by atoms with van der Waals surface area (Å²) in [5.74, 6) is -0.541. The van der Waals surface area contributed by atoms with Crippen LogP contribution in [0, 0.1) is 0 Å². The van der Waals surface area contributed by atoms with Gasteiger partial charge in [0.15, 0.2) is 0 Å². The first-order valence-corrected chi connectivity index (χ1v) is 7.51. The van der Waals surface area contributed by atoms with Crippen molar-refractivity contribution in [2.75, 3.05) is 26.2 Å². The van der Waals surface area contributed by atoms with Crippen LogP contribution in [0.25, 0.3) is 6.08 Å². The van der Waals surface area contributed by atoms with Gasteiger partial charge in [0.2, 0.25) is 0 Å². The van der Waals surface area contributed by atoms with Gasteiger partial charge in [-0.15, -0.1) is 0 Å². The zero-order chi connectivity index (χ0) is 15.0. The largest absolute Gasteiger partial charge is 0.545 e. The Morgan fingerprint density at radius 3 is 2.70 bits per heavy atom. The quantitative estimate of drug-likeness (QED) is 0.701. The lowest BCUT2D eigenvalue weighted by atomic mass is 10.2. The summed E-state index contributed by atoms with van der Waals surface area (Å²) < 4.78 is 6.62. The first-order valence-electron chi connectivity index (χ1n) is 6.71. The molecule has 0 heterocycles. The number of benzene rings is 1. The number of likely N-dealkylation sites (N-methyl/N-ethyl adjacent to an activating group) is 1. The minimum Gasteiger partial charge on any atom is -0.545 e. The van der Waals surface area contributed by atoms with Crippen molar-refractivity contribution in [3.63, 3.8) is 0 Å². The second-order valence-corrected chi connectivity index (χ2v) is 5.31. The number of aliphatic carboxylic acids is 1. The Morgan fingerprint density at radius 1 is 1.40 bits per heavy atom. The molecule has 0 amide bonds. The summed E-state index contributed by atoms with van der Waals surface area (Å²) >= 11 is 3.36. The van der Waals surface area contributed by atoms with E-state index < -0.39 is 5.97 Å². The number of carboxylic acid groups (broad SMARTS) is 1. The molecule has 0 aliphatic heterocycles. The second-order valence-electron chi connectivity index (χ2n) is 4.39. The maximum Gasteiger partial charge on any atom is 0.137 e. The molecule has 5 heteroatoms. The maximum atomic E-state index is 10.5. The molecular formula is C15H20BrNO3. The Morgan fingerprint density at radius 2 is 2.10 bits per heavy atom. The molecule has 1 aromatic carbocycles. The molecule has 0 spiro atoms. The molecule has 4 nitrogen and oxygen atoms in total. The number of quaternary nitrogens is 1. The fraction of sp³-hybridized carbons (Fsp3) is 0.400. The van der Waals surface area contributed by atoms with Crippen molar-refractivity contribution >= 4 is 28.0 Å². The molecule has 20 heavy (non-hydrogen) atoms. The minimum atomic E-state index is -1.22. The van der Waals surface area contributed by atoms with Crippen molar-refractivity contribution in [3.8, 4) is 5.75 Å². The third-order valence-electron chi connectivity index (χ3n) is 3.08. The van der Waals surface area contributed by atoms with E-state index in [1.807, 2.05) is 18.2 Å². The zero-order valence-electron chi connectivity index (χ0n) is 11.8. The van der Waals surface area contributed by atoms with Gasteiger partial charge in [0.1, 0.15) is 18.9 Å². The Labute approximate surface area is 128 Å². The van der Waals surface area contributed by atoms with E-state index in [0.29, 0.717) is 12.4 Å². The summed E-state index contributed by atoms with van der Waals surface area (Å²) in [6.45, 7) is 7.95. The van der Waals surface area contributed by atoms with Crippen LogP contribution in [0.15, 0.2) is 28.7 Å². The average Bonchev–Trinajstić information content (AvgIpc) is 2.43. The van der Waals surface area contributed by atoms with Crippen molar-refractivity contribution in [1.29, 1.82) is 0 Å². The first-order chi connectivity index (χ1) is 9.56. The Bertz CT molecular complexity index is 470. The second kappa shape index (κ2) is 8.76. The topological polar surface area (TPSA) is 53.8 Å². The summed E-state index contributed by atoms with van der Waals surface area (Å²) in [4.78, 5) is 12.0. The van der Waals surface area contributed by atoms with Gasteiger partial charge >= 0.3 is 0 Å². The average molecular weight is 342 g/mol. The summed E-state index contributed by atoms with van der Waals surface area (Å²) in [5, 5.41) is 10.5. The van der Waals surface area contributed by atoms with Crippen LogP contribution in [0.4, 0.5) is 0 Å². The molecule has 1 N–H and O–H groups in total. The normalized spacial score (nSPS) is 11.2. The summed E-state index contributed by atoms with van der Waals surface area (Å²) in [7, 11) is 0. The van der Waals surface area contributed by atoms with Crippen LogP contribution in [0.1, 0.15) is 19.4 Å². The highest BCUT2D eigenvalue weighted by molar-refractivity contribution is 9.10. The highest BCUT2D eigenvalue weighted by Gasteiger charge is 2.05. The molecule has 1 rings (SSSR count). The van der Waals surface area contributed by atoms with Crippen LogP contribution < -0.4 is 14.7 Å². The standard InChI is InChI=1S/C15H20BrNO3/c1-3-17(4-2)9-10-20-14-7-6-13(16)11-12(14)5-8-15(18)19/h5-8,11H,3-4,9-10H2,1-2H3,(H,18,19)/b8-5+. The van der Waals surface area contributed by atoms with E-state index in [-0.39, 0.29) is 0 Å².